The second-order valence-corrected chi connectivity index (χ2v) is 9.15. The maximum atomic E-state index is 10.5. The lowest BCUT2D eigenvalue weighted by molar-refractivity contribution is -0.00630. The monoisotopic (exact) mass is 362 g/mol. The first kappa shape index (κ1) is 19.9. The predicted octanol–water partition coefficient (Wildman–Crippen LogP) is 6.44. The van der Waals surface area contributed by atoms with Crippen LogP contribution in [0.1, 0.15) is 47.1 Å². The SMILES string of the molecule is CC1=C[C@](C)(/C=C(C)/C=C/c2ccccc2)[C@](C)(CO)[C@H]2C(C)=C[C@@H](C)[C@H]12. The van der Waals surface area contributed by atoms with Crippen molar-refractivity contribution in [2.75, 3.05) is 6.61 Å². The highest BCUT2D eigenvalue weighted by Gasteiger charge is 2.55. The van der Waals surface area contributed by atoms with Gasteiger partial charge >= 0.3 is 0 Å². The fraction of sp³-hybridized carbons (Fsp3) is 0.462. The first-order valence-electron chi connectivity index (χ1n) is 10.1. The molecule has 1 aromatic rings. The van der Waals surface area contributed by atoms with E-state index in [2.05, 4.69) is 96.2 Å². The second-order valence-electron chi connectivity index (χ2n) is 9.15. The average molecular weight is 363 g/mol. The number of aliphatic hydroxyl groups is 1. The van der Waals surface area contributed by atoms with E-state index >= 15 is 0 Å². The number of rotatable bonds is 4. The van der Waals surface area contributed by atoms with Crippen LogP contribution < -0.4 is 0 Å². The van der Waals surface area contributed by atoms with Gasteiger partial charge in [0.25, 0.3) is 0 Å². The third-order valence-electron chi connectivity index (χ3n) is 7.11. The third kappa shape index (κ3) is 3.38. The van der Waals surface area contributed by atoms with Crippen LogP contribution in [0.3, 0.4) is 0 Å². The van der Waals surface area contributed by atoms with Crippen molar-refractivity contribution >= 4 is 6.08 Å². The van der Waals surface area contributed by atoms with Gasteiger partial charge in [-0.1, -0.05) is 98.2 Å². The van der Waals surface area contributed by atoms with Crippen molar-refractivity contribution in [3.05, 3.63) is 76.9 Å². The lowest BCUT2D eigenvalue weighted by Crippen LogP contribution is -2.50. The van der Waals surface area contributed by atoms with Gasteiger partial charge in [-0.3, -0.25) is 0 Å². The molecule has 5 atom stereocenters. The quantitative estimate of drug-likeness (QED) is 0.483. The van der Waals surface area contributed by atoms with Gasteiger partial charge in [0.15, 0.2) is 0 Å². The summed E-state index contributed by atoms with van der Waals surface area (Å²) in [5.74, 6) is 1.46. The Bertz CT molecular complexity index is 810. The Kier molecular flexibility index (Phi) is 5.36. The summed E-state index contributed by atoms with van der Waals surface area (Å²) in [6.07, 6.45) is 11.5. The van der Waals surface area contributed by atoms with Crippen LogP contribution in [-0.2, 0) is 0 Å². The Morgan fingerprint density at radius 3 is 2.41 bits per heavy atom. The zero-order valence-corrected chi connectivity index (χ0v) is 17.7. The van der Waals surface area contributed by atoms with E-state index in [0.29, 0.717) is 17.8 Å². The third-order valence-corrected chi connectivity index (χ3v) is 7.11. The molecule has 0 saturated heterocycles. The maximum absolute atomic E-state index is 10.5. The fourth-order valence-electron chi connectivity index (χ4n) is 5.64. The van der Waals surface area contributed by atoms with Gasteiger partial charge in [-0.15, -0.1) is 0 Å². The van der Waals surface area contributed by atoms with Gasteiger partial charge < -0.3 is 5.11 Å². The molecule has 0 radical (unpaired) electrons. The number of hydrogen-bond acceptors (Lipinski definition) is 1. The molecule has 1 nitrogen and oxygen atoms in total. The molecule has 0 fully saturated rings. The molecule has 0 heterocycles. The molecule has 2 aliphatic carbocycles. The van der Waals surface area contributed by atoms with Crippen molar-refractivity contribution in [2.24, 2.45) is 28.6 Å². The van der Waals surface area contributed by atoms with Crippen LogP contribution in [0, 0.1) is 28.6 Å². The molecule has 3 rings (SSSR count). The van der Waals surface area contributed by atoms with Crippen molar-refractivity contribution in [3.63, 3.8) is 0 Å². The molecule has 1 N–H and O–H groups in total. The minimum Gasteiger partial charge on any atom is -0.396 e. The van der Waals surface area contributed by atoms with Gasteiger partial charge in [0.2, 0.25) is 0 Å². The smallest absolute Gasteiger partial charge is 0.0502 e. The van der Waals surface area contributed by atoms with Gasteiger partial charge in [0.05, 0.1) is 6.61 Å². The van der Waals surface area contributed by atoms with E-state index in [1.807, 2.05) is 6.07 Å². The Morgan fingerprint density at radius 2 is 1.78 bits per heavy atom. The van der Waals surface area contributed by atoms with Gasteiger partial charge in [-0.2, -0.15) is 0 Å². The zero-order chi connectivity index (χ0) is 19.8. The lowest BCUT2D eigenvalue weighted by atomic mass is 9.50. The molecule has 144 valence electrons. The van der Waals surface area contributed by atoms with E-state index < -0.39 is 0 Å². The summed E-state index contributed by atoms with van der Waals surface area (Å²) in [5, 5.41) is 10.5. The number of hydrogen-bond donors (Lipinski definition) is 1. The standard InChI is InChI=1S/C26H34O/c1-18(12-13-22-10-8-7-9-11-22)15-25(5)16-21(4)23-19(2)14-20(3)24(23)26(25,6)17-27/h7-16,19,23-24,27H,17H2,1-6H3/b13-12+,18-15+/t19-,23-,24+,25+,26-/m1/s1. The van der Waals surface area contributed by atoms with Crippen molar-refractivity contribution in [2.45, 2.75) is 41.5 Å². The minimum atomic E-state index is -0.204. The van der Waals surface area contributed by atoms with Gasteiger partial charge in [0, 0.05) is 10.8 Å². The predicted molar refractivity (Wildman–Crippen MR) is 116 cm³/mol. The molecule has 0 unspecified atom stereocenters. The number of aliphatic hydroxyl groups excluding tert-OH is 1. The molecular weight excluding hydrogens is 328 g/mol. The molecule has 0 bridgehead atoms. The van der Waals surface area contributed by atoms with Crippen LogP contribution in [0.5, 0.6) is 0 Å². The van der Waals surface area contributed by atoms with Crippen LogP contribution in [0.25, 0.3) is 6.08 Å². The van der Waals surface area contributed by atoms with Crippen molar-refractivity contribution in [3.8, 4) is 0 Å². The maximum Gasteiger partial charge on any atom is 0.0502 e. The van der Waals surface area contributed by atoms with Crippen LogP contribution >= 0.6 is 0 Å². The second kappa shape index (κ2) is 7.28. The Labute approximate surface area is 165 Å². The van der Waals surface area contributed by atoms with Gasteiger partial charge in [-0.25, -0.2) is 0 Å². The van der Waals surface area contributed by atoms with Crippen LogP contribution in [0.4, 0.5) is 0 Å². The number of fused-ring (bicyclic) bond motifs is 1. The first-order valence-corrected chi connectivity index (χ1v) is 10.1. The molecule has 0 saturated carbocycles. The van der Waals surface area contributed by atoms with Gasteiger partial charge in [-0.05, 0) is 44.1 Å². The fourth-order valence-corrected chi connectivity index (χ4v) is 5.64. The largest absolute Gasteiger partial charge is 0.396 e. The molecule has 0 amide bonds. The molecule has 27 heavy (non-hydrogen) atoms. The molecule has 0 aliphatic heterocycles. The summed E-state index contributed by atoms with van der Waals surface area (Å²) in [6.45, 7) is 13.8. The summed E-state index contributed by atoms with van der Waals surface area (Å²) < 4.78 is 0. The van der Waals surface area contributed by atoms with Crippen molar-refractivity contribution in [1.29, 1.82) is 0 Å². The van der Waals surface area contributed by atoms with E-state index in [1.54, 1.807) is 0 Å². The summed E-state index contributed by atoms with van der Waals surface area (Å²) in [6, 6.07) is 10.4. The van der Waals surface area contributed by atoms with Crippen LogP contribution in [-0.4, -0.2) is 11.7 Å². The van der Waals surface area contributed by atoms with Crippen molar-refractivity contribution in [1.82, 2.24) is 0 Å². The lowest BCUT2D eigenvalue weighted by Gasteiger charge is -2.54. The summed E-state index contributed by atoms with van der Waals surface area (Å²) in [7, 11) is 0. The molecule has 1 heteroatoms. The molecule has 2 aliphatic rings. The van der Waals surface area contributed by atoms with Crippen LogP contribution in [0.2, 0.25) is 0 Å². The van der Waals surface area contributed by atoms with E-state index in [1.165, 1.54) is 22.3 Å². The topological polar surface area (TPSA) is 20.2 Å². The van der Waals surface area contributed by atoms with E-state index in [4.69, 9.17) is 0 Å². The molecule has 0 spiro atoms. The summed E-state index contributed by atoms with van der Waals surface area (Å²) in [5.41, 5.74) is 4.95. The molecule has 0 aromatic heterocycles. The molecule has 1 aromatic carbocycles. The highest BCUT2D eigenvalue weighted by Crippen LogP contribution is 2.61. The summed E-state index contributed by atoms with van der Waals surface area (Å²) >= 11 is 0. The van der Waals surface area contributed by atoms with E-state index in [-0.39, 0.29) is 17.4 Å². The Balaban J connectivity index is 2.00. The Hall–Kier alpha value is -1.86. The van der Waals surface area contributed by atoms with Crippen molar-refractivity contribution < 1.29 is 5.11 Å². The Morgan fingerprint density at radius 1 is 1.11 bits per heavy atom. The average Bonchev–Trinajstić information content (AvgIpc) is 2.94. The highest BCUT2D eigenvalue weighted by molar-refractivity contribution is 5.53. The van der Waals surface area contributed by atoms with Crippen LogP contribution in [0.15, 0.2) is 71.4 Å². The minimum absolute atomic E-state index is 0.183. The van der Waals surface area contributed by atoms with E-state index in [9.17, 15) is 5.11 Å². The van der Waals surface area contributed by atoms with Gasteiger partial charge in [0.1, 0.15) is 0 Å². The first-order chi connectivity index (χ1) is 12.7. The normalized spacial score (nSPS) is 36.6. The summed E-state index contributed by atoms with van der Waals surface area (Å²) in [4.78, 5) is 0. The number of benzene rings is 1. The number of allylic oxidation sites excluding steroid dienone is 7. The zero-order valence-electron chi connectivity index (χ0n) is 17.7. The molecular formula is C26H34O. The van der Waals surface area contributed by atoms with E-state index in [0.717, 1.165) is 0 Å². The highest BCUT2D eigenvalue weighted by atomic mass is 16.3.